The van der Waals surface area contributed by atoms with Crippen LogP contribution in [0.15, 0.2) is 24.3 Å². The second-order valence-electron chi connectivity index (χ2n) is 6.30. The molecule has 0 aromatic heterocycles. The Balaban J connectivity index is 2.39. The maximum Gasteiger partial charge on any atom is 0.304 e. The van der Waals surface area contributed by atoms with Gasteiger partial charge in [0.25, 0.3) is 0 Å². The number of aliphatic carboxylic acids is 1. The lowest BCUT2D eigenvalue weighted by Crippen LogP contribution is -2.46. The van der Waals surface area contributed by atoms with Crippen LogP contribution in [-0.4, -0.2) is 23.3 Å². The Morgan fingerprint density at radius 2 is 2.00 bits per heavy atom. The molecule has 0 amide bonds. The maximum atomic E-state index is 11.4. The first kappa shape index (κ1) is 15.0. The van der Waals surface area contributed by atoms with Crippen molar-refractivity contribution in [1.82, 2.24) is 0 Å². The van der Waals surface area contributed by atoms with Crippen LogP contribution in [0.5, 0.6) is 0 Å². The van der Waals surface area contributed by atoms with Crippen LogP contribution in [0.3, 0.4) is 0 Å². The molecule has 2 atom stereocenters. The summed E-state index contributed by atoms with van der Waals surface area (Å²) in [5.41, 5.74) is 1.80. The molecule has 1 unspecified atom stereocenters. The van der Waals surface area contributed by atoms with E-state index in [1.165, 1.54) is 5.56 Å². The van der Waals surface area contributed by atoms with Gasteiger partial charge >= 0.3 is 5.97 Å². The van der Waals surface area contributed by atoms with E-state index in [-0.39, 0.29) is 17.4 Å². The Morgan fingerprint density at radius 1 is 1.35 bits per heavy atom. The van der Waals surface area contributed by atoms with Crippen LogP contribution in [0.1, 0.15) is 50.7 Å². The van der Waals surface area contributed by atoms with E-state index in [4.69, 9.17) is 4.74 Å². The summed E-state index contributed by atoms with van der Waals surface area (Å²) in [6.07, 6.45) is 2.62. The highest BCUT2D eigenvalue weighted by Gasteiger charge is 2.44. The van der Waals surface area contributed by atoms with E-state index in [0.29, 0.717) is 6.61 Å². The Kier molecular flexibility index (Phi) is 4.19. The molecule has 20 heavy (non-hydrogen) atoms. The minimum atomic E-state index is -0.731. The molecular formula is C17H24O3. The van der Waals surface area contributed by atoms with Gasteiger partial charge in [-0.25, -0.2) is 0 Å². The number of carboxylic acids is 1. The smallest absolute Gasteiger partial charge is 0.304 e. The van der Waals surface area contributed by atoms with E-state index in [1.54, 1.807) is 0 Å². The molecular weight excluding hydrogens is 252 g/mol. The summed E-state index contributed by atoms with van der Waals surface area (Å²) < 4.78 is 5.90. The minimum absolute atomic E-state index is 0.176. The highest BCUT2D eigenvalue weighted by Crippen LogP contribution is 2.45. The van der Waals surface area contributed by atoms with Gasteiger partial charge in [-0.1, -0.05) is 36.8 Å². The van der Waals surface area contributed by atoms with Crippen LogP contribution in [-0.2, 0) is 14.9 Å². The fourth-order valence-electron chi connectivity index (χ4n) is 3.27. The highest BCUT2D eigenvalue weighted by molar-refractivity contribution is 5.69. The first-order chi connectivity index (χ1) is 9.39. The monoisotopic (exact) mass is 276 g/mol. The van der Waals surface area contributed by atoms with Gasteiger partial charge in [-0.3, -0.25) is 4.79 Å². The predicted octanol–water partition coefficient (Wildman–Crippen LogP) is 3.69. The van der Waals surface area contributed by atoms with Crippen LogP contribution in [0.4, 0.5) is 0 Å². The maximum absolute atomic E-state index is 11.4. The molecule has 0 aliphatic carbocycles. The summed E-state index contributed by atoms with van der Waals surface area (Å²) in [5, 5.41) is 9.35. The summed E-state index contributed by atoms with van der Waals surface area (Å²) >= 11 is 0. The summed E-state index contributed by atoms with van der Waals surface area (Å²) in [4.78, 5) is 11.4. The van der Waals surface area contributed by atoms with Gasteiger partial charge in [-0.05, 0) is 38.7 Å². The molecule has 3 nitrogen and oxygen atoms in total. The molecule has 1 heterocycles. The average molecular weight is 276 g/mol. The lowest BCUT2D eigenvalue weighted by Gasteiger charge is -2.46. The number of ether oxygens (including phenoxy) is 1. The normalized spacial score (nSPS) is 30.1. The zero-order valence-corrected chi connectivity index (χ0v) is 12.6. The minimum Gasteiger partial charge on any atom is -0.481 e. The number of aryl methyl sites for hydroxylation is 1. The standard InChI is InChI=1S/C17H24O3/c1-4-16(3)12-17(9-10-20-16,11-15(18)19)14-7-5-13(2)6-8-14/h5-8H,4,9-12H2,1-3H3,(H,18,19)/t16?,17-/m0/s1. The first-order valence-electron chi connectivity index (χ1n) is 7.32. The van der Waals surface area contributed by atoms with Crippen molar-refractivity contribution in [2.24, 2.45) is 0 Å². The van der Waals surface area contributed by atoms with E-state index >= 15 is 0 Å². The fourth-order valence-corrected chi connectivity index (χ4v) is 3.27. The fraction of sp³-hybridized carbons (Fsp3) is 0.588. The van der Waals surface area contributed by atoms with E-state index in [0.717, 1.165) is 24.8 Å². The van der Waals surface area contributed by atoms with Crippen LogP contribution in [0, 0.1) is 6.92 Å². The van der Waals surface area contributed by atoms with Crippen LogP contribution in [0.2, 0.25) is 0 Å². The molecule has 110 valence electrons. The summed E-state index contributed by atoms with van der Waals surface area (Å²) in [5.74, 6) is -0.731. The van der Waals surface area contributed by atoms with Crippen molar-refractivity contribution in [3.8, 4) is 0 Å². The van der Waals surface area contributed by atoms with E-state index in [1.807, 2.05) is 6.92 Å². The number of benzene rings is 1. The van der Waals surface area contributed by atoms with Crippen molar-refractivity contribution in [3.05, 3.63) is 35.4 Å². The molecule has 0 saturated carbocycles. The van der Waals surface area contributed by atoms with Crippen molar-refractivity contribution in [2.45, 2.75) is 57.5 Å². The second-order valence-corrected chi connectivity index (χ2v) is 6.30. The van der Waals surface area contributed by atoms with E-state index in [9.17, 15) is 9.90 Å². The molecule has 0 bridgehead atoms. The number of hydrogen-bond acceptors (Lipinski definition) is 2. The Labute approximate surface area is 121 Å². The van der Waals surface area contributed by atoms with Crippen LogP contribution >= 0.6 is 0 Å². The molecule has 3 heteroatoms. The molecule has 1 aromatic rings. The average Bonchev–Trinajstić information content (AvgIpc) is 2.38. The summed E-state index contributed by atoms with van der Waals surface area (Å²) in [7, 11) is 0. The topological polar surface area (TPSA) is 46.5 Å². The largest absolute Gasteiger partial charge is 0.481 e. The first-order valence-corrected chi connectivity index (χ1v) is 7.32. The number of rotatable bonds is 4. The van der Waals surface area contributed by atoms with Gasteiger partial charge in [-0.15, -0.1) is 0 Å². The molecule has 1 aliphatic heterocycles. The molecule has 0 spiro atoms. The second kappa shape index (κ2) is 5.57. The van der Waals surface area contributed by atoms with Crippen molar-refractivity contribution in [3.63, 3.8) is 0 Å². The predicted molar refractivity (Wildman–Crippen MR) is 79.0 cm³/mol. The molecule has 1 fully saturated rings. The Hall–Kier alpha value is -1.35. The summed E-state index contributed by atoms with van der Waals surface area (Å²) in [6, 6.07) is 8.30. The van der Waals surface area contributed by atoms with Gasteiger partial charge < -0.3 is 9.84 Å². The molecule has 1 N–H and O–H groups in total. The zero-order chi connectivity index (χ0) is 14.8. The molecule has 2 rings (SSSR count). The third kappa shape index (κ3) is 3.04. The SMILES string of the molecule is CCC1(C)C[C@](CC(=O)O)(c2ccc(C)cc2)CCO1. The number of hydrogen-bond donors (Lipinski definition) is 1. The Bertz CT molecular complexity index is 480. The third-order valence-electron chi connectivity index (χ3n) is 4.64. The third-order valence-corrected chi connectivity index (χ3v) is 4.64. The van der Waals surface area contributed by atoms with Gasteiger partial charge in [0.15, 0.2) is 0 Å². The van der Waals surface area contributed by atoms with Crippen molar-refractivity contribution in [2.75, 3.05) is 6.61 Å². The molecule has 0 radical (unpaired) electrons. The summed E-state index contributed by atoms with van der Waals surface area (Å²) in [6.45, 7) is 6.88. The number of carboxylic acid groups (broad SMARTS) is 1. The van der Waals surface area contributed by atoms with Crippen LogP contribution < -0.4 is 0 Å². The van der Waals surface area contributed by atoms with Crippen molar-refractivity contribution < 1.29 is 14.6 Å². The highest BCUT2D eigenvalue weighted by atomic mass is 16.5. The molecule has 1 aliphatic rings. The van der Waals surface area contributed by atoms with Gasteiger partial charge in [-0.2, -0.15) is 0 Å². The van der Waals surface area contributed by atoms with Crippen LogP contribution in [0.25, 0.3) is 0 Å². The van der Waals surface area contributed by atoms with E-state index < -0.39 is 5.97 Å². The van der Waals surface area contributed by atoms with Gasteiger partial charge in [0.2, 0.25) is 0 Å². The Morgan fingerprint density at radius 3 is 2.55 bits per heavy atom. The molecule has 1 saturated heterocycles. The van der Waals surface area contributed by atoms with Crippen molar-refractivity contribution in [1.29, 1.82) is 0 Å². The lowest BCUT2D eigenvalue weighted by molar-refractivity contribution is -0.143. The van der Waals surface area contributed by atoms with Gasteiger partial charge in [0.1, 0.15) is 0 Å². The lowest BCUT2D eigenvalue weighted by atomic mass is 9.66. The zero-order valence-electron chi connectivity index (χ0n) is 12.6. The van der Waals surface area contributed by atoms with E-state index in [2.05, 4.69) is 38.1 Å². The number of carbonyl (C=O) groups is 1. The van der Waals surface area contributed by atoms with Crippen molar-refractivity contribution >= 4 is 5.97 Å². The molecule has 1 aromatic carbocycles. The van der Waals surface area contributed by atoms with Gasteiger partial charge in [0, 0.05) is 12.0 Å². The quantitative estimate of drug-likeness (QED) is 0.912. The van der Waals surface area contributed by atoms with Gasteiger partial charge in [0.05, 0.1) is 12.0 Å².